The van der Waals surface area contributed by atoms with Crippen LogP contribution in [0.15, 0.2) is 30.6 Å². The van der Waals surface area contributed by atoms with Crippen LogP contribution in [-0.4, -0.2) is 9.97 Å². The van der Waals surface area contributed by atoms with Gasteiger partial charge >= 0.3 is 0 Å². The third kappa shape index (κ3) is 2.54. The fraction of sp³-hybridized carbons (Fsp3) is 0.231. The summed E-state index contributed by atoms with van der Waals surface area (Å²) in [5, 5.41) is 3.84. The monoisotopic (exact) mass is 262 g/mol. The molecule has 5 heteroatoms. The summed E-state index contributed by atoms with van der Waals surface area (Å²) in [6.07, 6.45) is 1.44. The van der Waals surface area contributed by atoms with Gasteiger partial charge in [-0.1, -0.05) is 37.6 Å². The second-order valence-electron chi connectivity index (χ2n) is 4.28. The number of aromatic nitrogens is 2. The van der Waals surface area contributed by atoms with Crippen molar-refractivity contribution in [1.29, 1.82) is 0 Å². The predicted octanol–water partition coefficient (Wildman–Crippen LogP) is 3.58. The maximum absolute atomic E-state index is 6.11. The van der Waals surface area contributed by atoms with E-state index in [1.807, 2.05) is 38.1 Å². The van der Waals surface area contributed by atoms with E-state index >= 15 is 0 Å². The quantitative estimate of drug-likeness (QED) is 0.887. The zero-order chi connectivity index (χ0) is 13.1. The molecule has 3 N–H and O–H groups in total. The van der Waals surface area contributed by atoms with Gasteiger partial charge < -0.3 is 11.1 Å². The Morgan fingerprint density at radius 1 is 1.22 bits per heavy atom. The molecule has 0 aliphatic carbocycles. The van der Waals surface area contributed by atoms with E-state index in [1.54, 1.807) is 0 Å². The van der Waals surface area contributed by atoms with Crippen LogP contribution in [0, 0.1) is 0 Å². The van der Waals surface area contributed by atoms with E-state index < -0.39 is 0 Å². The Morgan fingerprint density at radius 2 is 1.94 bits per heavy atom. The molecule has 1 aromatic carbocycles. The first kappa shape index (κ1) is 12.6. The van der Waals surface area contributed by atoms with Gasteiger partial charge in [-0.05, 0) is 18.1 Å². The summed E-state index contributed by atoms with van der Waals surface area (Å²) in [5.41, 5.74) is 7.60. The Balaban J connectivity index is 2.41. The number of rotatable bonds is 3. The molecular formula is C13H15ClN4. The molecule has 94 valence electrons. The van der Waals surface area contributed by atoms with E-state index in [2.05, 4.69) is 15.3 Å². The Kier molecular flexibility index (Phi) is 3.67. The van der Waals surface area contributed by atoms with E-state index in [-0.39, 0.29) is 5.92 Å². The van der Waals surface area contributed by atoms with Crippen molar-refractivity contribution in [3.63, 3.8) is 0 Å². The largest absolute Gasteiger partial charge is 0.383 e. The van der Waals surface area contributed by atoms with Crippen molar-refractivity contribution >= 4 is 28.9 Å². The van der Waals surface area contributed by atoms with E-state index in [0.717, 1.165) is 11.3 Å². The number of hydrogen-bond acceptors (Lipinski definition) is 4. The topological polar surface area (TPSA) is 63.8 Å². The molecule has 0 fully saturated rings. The Labute approximate surface area is 111 Å². The van der Waals surface area contributed by atoms with E-state index in [4.69, 9.17) is 17.3 Å². The van der Waals surface area contributed by atoms with Crippen LogP contribution in [0.5, 0.6) is 0 Å². The summed E-state index contributed by atoms with van der Waals surface area (Å²) in [6, 6.07) is 7.51. The van der Waals surface area contributed by atoms with Crippen LogP contribution < -0.4 is 11.1 Å². The van der Waals surface area contributed by atoms with Gasteiger partial charge in [0.1, 0.15) is 18.0 Å². The summed E-state index contributed by atoms with van der Waals surface area (Å²) in [7, 11) is 0. The van der Waals surface area contributed by atoms with Crippen LogP contribution in [0.4, 0.5) is 17.3 Å². The Bertz CT molecular complexity index is 554. The molecule has 0 saturated carbocycles. The lowest BCUT2D eigenvalue weighted by molar-refractivity contribution is 0.855. The maximum Gasteiger partial charge on any atom is 0.139 e. The lowest BCUT2D eigenvalue weighted by Gasteiger charge is -2.15. The third-order valence-electron chi connectivity index (χ3n) is 2.62. The highest BCUT2D eigenvalue weighted by Crippen LogP contribution is 2.30. The summed E-state index contributed by atoms with van der Waals surface area (Å²) in [4.78, 5) is 8.26. The van der Waals surface area contributed by atoms with Crippen molar-refractivity contribution in [3.8, 4) is 0 Å². The van der Waals surface area contributed by atoms with Crippen molar-refractivity contribution in [2.75, 3.05) is 11.1 Å². The van der Waals surface area contributed by atoms with Crippen molar-refractivity contribution in [3.05, 3.63) is 41.2 Å². The molecule has 0 aliphatic heterocycles. The average molecular weight is 263 g/mol. The van der Waals surface area contributed by atoms with Gasteiger partial charge in [0.25, 0.3) is 0 Å². The number of anilines is 3. The molecule has 4 nitrogen and oxygen atoms in total. The summed E-state index contributed by atoms with van der Waals surface area (Å²) < 4.78 is 0. The van der Waals surface area contributed by atoms with Gasteiger partial charge in [-0.3, -0.25) is 0 Å². The van der Waals surface area contributed by atoms with Gasteiger partial charge in [-0.2, -0.15) is 0 Å². The van der Waals surface area contributed by atoms with Crippen molar-refractivity contribution in [2.45, 2.75) is 19.8 Å². The fourth-order valence-electron chi connectivity index (χ4n) is 1.77. The van der Waals surface area contributed by atoms with Gasteiger partial charge in [0.2, 0.25) is 0 Å². The van der Waals surface area contributed by atoms with E-state index in [0.29, 0.717) is 16.7 Å². The highest BCUT2D eigenvalue weighted by atomic mass is 35.5. The lowest BCUT2D eigenvalue weighted by Crippen LogP contribution is -2.06. The van der Waals surface area contributed by atoms with Crippen LogP contribution in [0.2, 0.25) is 5.02 Å². The minimum absolute atomic E-state index is 0.233. The number of nitrogens with zero attached hydrogens (tertiary/aromatic N) is 2. The average Bonchev–Trinajstić information content (AvgIpc) is 2.31. The first-order valence-electron chi connectivity index (χ1n) is 5.71. The van der Waals surface area contributed by atoms with Crippen LogP contribution in [0.25, 0.3) is 0 Å². The molecule has 2 rings (SSSR count). The predicted molar refractivity (Wildman–Crippen MR) is 75.3 cm³/mol. The van der Waals surface area contributed by atoms with Crippen LogP contribution in [-0.2, 0) is 0 Å². The zero-order valence-corrected chi connectivity index (χ0v) is 11.1. The number of nitrogen functional groups attached to an aromatic ring is 1. The molecule has 0 spiro atoms. The summed E-state index contributed by atoms with van der Waals surface area (Å²) >= 11 is 6.11. The molecule has 0 aliphatic rings. The molecule has 2 aromatic rings. The first-order chi connectivity index (χ1) is 8.59. The summed E-state index contributed by atoms with van der Waals surface area (Å²) in [6.45, 7) is 4.10. The van der Waals surface area contributed by atoms with Gasteiger partial charge in [-0.15, -0.1) is 0 Å². The molecule has 0 radical (unpaired) electrons. The molecule has 1 heterocycles. The van der Waals surface area contributed by atoms with Gasteiger partial charge in [-0.25, -0.2) is 9.97 Å². The Hall–Kier alpha value is -1.81. The second kappa shape index (κ2) is 5.23. The van der Waals surface area contributed by atoms with Crippen molar-refractivity contribution in [1.82, 2.24) is 9.97 Å². The van der Waals surface area contributed by atoms with Gasteiger partial charge in [0.15, 0.2) is 0 Å². The molecule has 0 atom stereocenters. The number of hydrogen-bond donors (Lipinski definition) is 2. The van der Waals surface area contributed by atoms with Gasteiger partial charge in [0.05, 0.1) is 10.7 Å². The lowest BCUT2D eigenvalue weighted by atomic mass is 10.0. The van der Waals surface area contributed by atoms with E-state index in [1.165, 1.54) is 6.33 Å². The maximum atomic E-state index is 6.11. The van der Waals surface area contributed by atoms with E-state index in [9.17, 15) is 0 Å². The fourth-order valence-corrected chi connectivity index (χ4v) is 1.95. The Morgan fingerprint density at radius 3 is 2.61 bits per heavy atom. The molecule has 0 saturated heterocycles. The minimum Gasteiger partial charge on any atom is -0.383 e. The normalized spacial score (nSPS) is 10.7. The van der Waals surface area contributed by atoms with Crippen LogP contribution in [0.3, 0.4) is 0 Å². The molecule has 18 heavy (non-hydrogen) atoms. The first-order valence-corrected chi connectivity index (χ1v) is 6.09. The molecule has 1 aromatic heterocycles. The second-order valence-corrected chi connectivity index (χ2v) is 4.69. The number of para-hydroxylation sites is 1. The van der Waals surface area contributed by atoms with Gasteiger partial charge in [0, 0.05) is 5.56 Å². The minimum atomic E-state index is 0.233. The molecular weight excluding hydrogens is 248 g/mol. The number of benzene rings is 1. The number of nitrogens with two attached hydrogens (primary N) is 1. The standard InChI is InChI=1S/C13H15ClN4/c1-8(2)11-12(15)16-7-17-13(11)18-10-6-4-3-5-9(10)14/h3-8H,1-2H3,(H3,15,16,17,18). The SMILES string of the molecule is CC(C)c1c(N)ncnc1Nc1ccccc1Cl. The zero-order valence-electron chi connectivity index (χ0n) is 10.3. The number of halogens is 1. The molecule has 0 bridgehead atoms. The van der Waals surface area contributed by atoms with Crippen molar-refractivity contribution < 1.29 is 0 Å². The molecule has 0 amide bonds. The van der Waals surface area contributed by atoms with Crippen LogP contribution >= 0.6 is 11.6 Å². The summed E-state index contributed by atoms with van der Waals surface area (Å²) in [5.74, 6) is 1.43. The highest BCUT2D eigenvalue weighted by Gasteiger charge is 2.13. The number of nitrogens with one attached hydrogen (secondary N) is 1. The molecule has 0 unspecified atom stereocenters. The third-order valence-corrected chi connectivity index (χ3v) is 2.95. The smallest absolute Gasteiger partial charge is 0.139 e. The van der Waals surface area contributed by atoms with Crippen LogP contribution in [0.1, 0.15) is 25.3 Å². The highest BCUT2D eigenvalue weighted by molar-refractivity contribution is 6.33. The van der Waals surface area contributed by atoms with Crippen molar-refractivity contribution in [2.24, 2.45) is 0 Å².